The third kappa shape index (κ3) is 5.91. The van der Waals surface area contributed by atoms with E-state index in [0.29, 0.717) is 23.5 Å². The van der Waals surface area contributed by atoms with Crippen molar-refractivity contribution in [1.29, 1.82) is 0 Å². The van der Waals surface area contributed by atoms with Gasteiger partial charge in [0.25, 0.3) is 0 Å². The van der Waals surface area contributed by atoms with E-state index in [2.05, 4.69) is 15.6 Å². The third-order valence-corrected chi connectivity index (χ3v) is 4.51. The summed E-state index contributed by atoms with van der Waals surface area (Å²) < 4.78 is 18.8. The fourth-order valence-corrected chi connectivity index (χ4v) is 2.82. The summed E-state index contributed by atoms with van der Waals surface area (Å²) >= 11 is 0. The van der Waals surface area contributed by atoms with Crippen LogP contribution in [0.5, 0.6) is 0 Å². The lowest BCUT2D eigenvalue weighted by Crippen LogP contribution is -2.46. The van der Waals surface area contributed by atoms with Crippen molar-refractivity contribution < 1.29 is 9.13 Å². The van der Waals surface area contributed by atoms with Crippen LogP contribution in [0.15, 0.2) is 29.3 Å². The van der Waals surface area contributed by atoms with Gasteiger partial charge in [0, 0.05) is 39.4 Å². The quantitative estimate of drug-likeness (QED) is 0.393. The first kappa shape index (κ1) is 20.2. The molecule has 1 fully saturated rings. The Morgan fingerprint density at radius 1 is 1.30 bits per heavy atom. The zero-order valence-corrected chi connectivity index (χ0v) is 16.2. The Bertz CT molecular complexity index is 506. The van der Waals surface area contributed by atoms with Crippen LogP contribution < -0.4 is 10.6 Å². The summed E-state index contributed by atoms with van der Waals surface area (Å²) in [6, 6.07) is 6.79. The molecule has 130 valence electrons. The number of hydrogen-bond acceptors (Lipinski definition) is 2. The van der Waals surface area contributed by atoms with E-state index in [0.717, 1.165) is 19.6 Å². The van der Waals surface area contributed by atoms with Crippen molar-refractivity contribution >= 4 is 29.9 Å². The molecule has 0 heterocycles. The second-order valence-electron chi connectivity index (χ2n) is 5.97. The van der Waals surface area contributed by atoms with Gasteiger partial charge in [-0.05, 0) is 30.7 Å². The van der Waals surface area contributed by atoms with E-state index in [9.17, 15) is 4.39 Å². The molecule has 2 rings (SSSR count). The van der Waals surface area contributed by atoms with Gasteiger partial charge in [-0.2, -0.15) is 0 Å². The molecular weight excluding hydrogens is 408 g/mol. The Balaban J connectivity index is 0.00000264. The minimum atomic E-state index is -0.194. The molecule has 0 aliphatic heterocycles. The van der Waals surface area contributed by atoms with Crippen LogP contribution in [0.1, 0.15) is 31.2 Å². The van der Waals surface area contributed by atoms with E-state index in [1.165, 1.54) is 25.3 Å². The van der Waals surface area contributed by atoms with Gasteiger partial charge in [0.1, 0.15) is 5.82 Å². The summed E-state index contributed by atoms with van der Waals surface area (Å²) in [6.45, 7) is 2.10. The van der Waals surface area contributed by atoms with Crippen LogP contribution in [0, 0.1) is 11.2 Å². The molecule has 0 bridgehead atoms. The summed E-state index contributed by atoms with van der Waals surface area (Å²) in [6.07, 6.45) is 4.81. The first-order valence-electron chi connectivity index (χ1n) is 7.86. The number of methoxy groups -OCH3 is 1. The lowest BCUT2D eigenvalue weighted by molar-refractivity contribution is 0.0732. The molecule has 2 N–H and O–H groups in total. The lowest BCUT2D eigenvalue weighted by Gasteiger charge is -2.42. The molecular formula is C17H27FIN3O. The largest absolute Gasteiger partial charge is 0.385 e. The average molecular weight is 435 g/mol. The first-order valence-corrected chi connectivity index (χ1v) is 7.86. The van der Waals surface area contributed by atoms with E-state index in [1.807, 2.05) is 6.07 Å². The molecule has 1 aromatic carbocycles. The summed E-state index contributed by atoms with van der Waals surface area (Å²) in [7, 11) is 3.48. The van der Waals surface area contributed by atoms with Crippen molar-refractivity contribution in [3.05, 3.63) is 35.6 Å². The number of aliphatic imine (C=N–C) groups is 1. The van der Waals surface area contributed by atoms with Gasteiger partial charge in [0.2, 0.25) is 0 Å². The number of benzene rings is 1. The van der Waals surface area contributed by atoms with E-state index < -0.39 is 0 Å². The highest BCUT2D eigenvalue weighted by Gasteiger charge is 2.36. The number of nitrogens with one attached hydrogen (secondary N) is 2. The van der Waals surface area contributed by atoms with Gasteiger partial charge < -0.3 is 15.4 Å². The molecule has 1 aliphatic carbocycles. The number of ether oxygens (including phenoxy) is 1. The van der Waals surface area contributed by atoms with Gasteiger partial charge in [0.05, 0.1) is 0 Å². The smallest absolute Gasteiger partial charge is 0.191 e. The first-order chi connectivity index (χ1) is 10.7. The monoisotopic (exact) mass is 435 g/mol. The Morgan fingerprint density at radius 3 is 2.61 bits per heavy atom. The molecule has 0 aromatic heterocycles. The fraction of sp³-hybridized carbons (Fsp3) is 0.588. The van der Waals surface area contributed by atoms with Gasteiger partial charge in [-0.15, -0.1) is 24.0 Å². The molecule has 1 saturated carbocycles. The summed E-state index contributed by atoms with van der Waals surface area (Å²) in [5.74, 6) is 0.521. The van der Waals surface area contributed by atoms with Crippen molar-refractivity contribution in [1.82, 2.24) is 10.6 Å². The normalized spacial score (nSPS) is 16.2. The SMILES string of the molecule is CN=C(NCc1ccccc1F)NCC1(CCOC)CCC1.I. The van der Waals surface area contributed by atoms with Gasteiger partial charge in [-0.1, -0.05) is 24.6 Å². The van der Waals surface area contributed by atoms with Crippen LogP contribution in [0.25, 0.3) is 0 Å². The topological polar surface area (TPSA) is 45.7 Å². The van der Waals surface area contributed by atoms with Crippen LogP contribution in [-0.4, -0.2) is 33.3 Å². The molecule has 4 nitrogen and oxygen atoms in total. The second-order valence-corrected chi connectivity index (χ2v) is 5.97. The molecule has 0 unspecified atom stereocenters. The summed E-state index contributed by atoms with van der Waals surface area (Å²) in [4.78, 5) is 4.22. The molecule has 0 radical (unpaired) electrons. The summed E-state index contributed by atoms with van der Waals surface area (Å²) in [5.41, 5.74) is 0.967. The Hall–Kier alpha value is -0.890. The van der Waals surface area contributed by atoms with Crippen LogP contribution in [0.4, 0.5) is 4.39 Å². The maximum atomic E-state index is 13.6. The minimum absolute atomic E-state index is 0. The zero-order valence-electron chi connectivity index (χ0n) is 13.9. The van der Waals surface area contributed by atoms with Gasteiger partial charge >= 0.3 is 0 Å². The van der Waals surface area contributed by atoms with Crippen LogP contribution in [0.3, 0.4) is 0 Å². The van der Waals surface area contributed by atoms with Crippen molar-refractivity contribution in [3.8, 4) is 0 Å². The Kier molecular flexibility index (Phi) is 8.83. The number of halogens is 2. The second kappa shape index (κ2) is 10.1. The average Bonchev–Trinajstić information content (AvgIpc) is 2.50. The van der Waals surface area contributed by atoms with Crippen LogP contribution >= 0.6 is 24.0 Å². The molecule has 1 aliphatic rings. The Morgan fingerprint density at radius 2 is 2.04 bits per heavy atom. The van der Waals surface area contributed by atoms with Gasteiger partial charge in [-0.3, -0.25) is 4.99 Å². The minimum Gasteiger partial charge on any atom is -0.385 e. The highest BCUT2D eigenvalue weighted by atomic mass is 127. The zero-order chi connectivity index (χ0) is 15.8. The highest BCUT2D eigenvalue weighted by Crippen LogP contribution is 2.43. The maximum absolute atomic E-state index is 13.6. The number of nitrogens with zero attached hydrogens (tertiary/aromatic N) is 1. The molecule has 0 amide bonds. The lowest BCUT2D eigenvalue weighted by atomic mass is 9.67. The maximum Gasteiger partial charge on any atom is 0.191 e. The molecule has 23 heavy (non-hydrogen) atoms. The van der Waals surface area contributed by atoms with Crippen molar-refractivity contribution in [2.75, 3.05) is 27.3 Å². The van der Waals surface area contributed by atoms with Crippen LogP contribution in [-0.2, 0) is 11.3 Å². The molecule has 6 heteroatoms. The number of rotatable bonds is 7. The predicted molar refractivity (Wildman–Crippen MR) is 103 cm³/mol. The highest BCUT2D eigenvalue weighted by molar-refractivity contribution is 14.0. The van der Waals surface area contributed by atoms with Crippen molar-refractivity contribution in [2.24, 2.45) is 10.4 Å². The van der Waals surface area contributed by atoms with E-state index >= 15 is 0 Å². The van der Waals surface area contributed by atoms with Crippen molar-refractivity contribution in [2.45, 2.75) is 32.2 Å². The number of hydrogen-bond donors (Lipinski definition) is 2. The number of guanidine groups is 1. The van der Waals surface area contributed by atoms with Crippen LogP contribution in [0.2, 0.25) is 0 Å². The standard InChI is InChI=1S/C17H26FN3O.HI/c1-19-16(20-12-14-6-3-4-7-15(14)18)21-13-17(8-5-9-17)10-11-22-2;/h3-4,6-7H,5,8-13H2,1-2H3,(H2,19,20,21);1H. The van der Waals surface area contributed by atoms with E-state index in [1.54, 1.807) is 26.3 Å². The Labute approximate surface area is 155 Å². The van der Waals surface area contributed by atoms with Crippen molar-refractivity contribution in [3.63, 3.8) is 0 Å². The van der Waals surface area contributed by atoms with Gasteiger partial charge in [-0.25, -0.2) is 4.39 Å². The molecule has 0 spiro atoms. The molecule has 0 saturated heterocycles. The molecule has 0 atom stereocenters. The molecule has 1 aromatic rings. The van der Waals surface area contributed by atoms with E-state index in [4.69, 9.17) is 4.74 Å². The van der Waals surface area contributed by atoms with Gasteiger partial charge in [0.15, 0.2) is 5.96 Å². The third-order valence-electron chi connectivity index (χ3n) is 4.51. The fourth-order valence-electron chi connectivity index (χ4n) is 2.82. The predicted octanol–water partition coefficient (Wildman–Crippen LogP) is 3.32. The van der Waals surface area contributed by atoms with E-state index in [-0.39, 0.29) is 29.8 Å². The summed E-state index contributed by atoms with van der Waals surface area (Å²) in [5, 5.41) is 6.54.